The van der Waals surface area contributed by atoms with Crippen LogP contribution in [0.2, 0.25) is 0 Å². The number of morpholine rings is 1. The summed E-state index contributed by atoms with van der Waals surface area (Å²) in [6.45, 7) is 4.86. The van der Waals surface area contributed by atoms with Crippen LogP contribution in [0, 0.1) is 5.92 Å². The normalized spacial score (nSPS) is 24.1. The Balaban J connectivity index is 1.63. The van der Waals surface area contributed by atoms with Crippen molar-refractivity contribution >= 4 is 21.9 Å². The third kappa shape index (κ3) is 5.39. The van der Waals surface area contributed by atoms with Gasteiger partial charge in [0.15, 0.2) is 6.10 Å². The van der Waals surface area contributed by atoms with Crippen LogP contribution in [-0.4, -0.2) is 63.0 Å². The molecule has 1 aliphatic heterocycles. The third-order valence-corrected chi connectivity index (χ3v) is 7.66. The van der Waals surface area contributed by atoms with Crippen molar-refractivity contribution in [2.75, 3.05) is 26.3 Å². The Hall–Kier alpha value is -1.97. The number of rotatable bonds is 6. The lowest BCUT2D eigenvalue weighted by atomic mass is 9.86. The molecule has 1 saturated heterocycles. The molecule has 3 atom stereocenters. The number of carbonyl (C=O) groups is 2. The van der Waals surface area contributed by atoms with Gasteiger partial charge in [-0.15, -0.1) is 0 Å². The van der Waals surface area contributed by atoms with Gasteiger partial charge < -0.3 is 14.8 Å². The average molecular weight is 439 g/mol. The molecule has 1 aromatic carbocycles. The summed E-state index contributed by atoms with van der Waals surface area (Å²) in [7, 11) is -3.72. The summed E-state index contributed by atoms with van der Waals surface area (Å²) >= 11 is 0. The van der Waals surface area contributed by atoms with E-state index in [1.54, 1.807) is 0 Å². The molecule has 1 aliphatic carbocycles. The maximum Gasteiger partial charge on any atom is 0.338 e. The first-order valence-corrected chi connectivity index (χ1v) is 11.9. The Kier molecular flexibility index (Phi) is 7.49. The van der Waals surface area contributed by atoms with Gasteiger partial charge in [-0.1, -0.05) is 25.8 Å². The summed E-state index contributed by atoms with van der Waals surface area (Å²) in [6, 6.07) is 5.81. The molecular formula is C21H30N2O6S. The van der Waals surface area contributed by atoms with Crippen LogP contribution in [0.1, 0.15) is 49.9 Å². The van der Waals surface area contributed by atoms with Gasteiger partial charge in [-0.25, -0.2) is 13.2 Å². The quantitative estimate of drug-likeness (QED) is 0.681. The fourth-order valence-electron chi connectivity index (χ4n) is 3.83. The van der Waals surface area contributed by atoms with E-state index < -0.39 is 22.1 Å². The summed E-state index contributed by atoms with van der Waals surface area (Å²) < 4.78 is 37.4. The molecule has 1 heterocycles. The van der Waals surface area contributed by atoms with Crippen molar-refractivity contribution in [1.82, 2.24) is 9.62 Å². The second-order valence-electron chi connectivity index (χ2n) is 7.97. The fraction of sp³-hybridized carbons (Fsp3) is 0.619. The molecule has 166 valence electrons. The first-order valence-electron chi connectivity index (χ1n) is 10.5. The van der Waals surface area contributed by atoms with Crippen LogP contribution in [0.4, 0.5) is 0 Å². The van der Waals surface area contributed by atoms with Gasteiger partial charge in [0.2, 0.25) is 10.0 Å². The number of nitrogens with one attached hydrogen (secondary N) is 1. The molecule has 8 nitrogen and oxygen atoms in total. The number of amides is 1. The van der Waals surface area contributed by atoms with Gasteiger partial charge in [0.05, 0.1) is 23.7 Å². The maximum absolute atomic E-state index is 12.8. The molecule has 9 heteroatoms. The van der Waals surface area contributed by atoms with E-state index in [0.717, 1.165) is 19.3 Å². The van der Waals surface area contributed by atoms with E-state index in [-0.39, 0.29) is 35.5 Å². The molecule has 0 aromatic heterocycles. The van der Waals surface area contributed by atoms with Crippen LogP contribution in [0.5, 0.6) is 0 Å². The Morgan fingerprint density at radius 2 is 1.90 bits per heavy atom. The largest absolute Gasteiger partial charge is 0.449 e. The monoisotopic (exact) mass is 438 g/mol. The van der Waals surface area contributed by atoms with Gasteiger partial charge >= 0.3 is 5.97 Å². The van der Waals surface area contributed by atoms with Gasteiger partial charge in [-0.3, -0.25) is 4.79 Å². The number of sulfonamides is 1. The molecule has 3 rings (SSSR count). The fourth-order valence-corrected chi connectivity index (χ4v) is 5.29. The van der Waals surface area contributed by atoms with Crippen LogP contribution >= 0.6 is 0 Å². The number of hydrogen-bond acceptors (Lipinski definition) is 6. The molecule has 2 aliphatic rings. The van der Waals surface area contributed by atoms with E-state index in [2.05, 4.69) is 12.2 Å². The lowest BCUT2D eigenvalue weighted by molar-refractivity contribution is -0.130. The zero-order valence-corrected chi connectivity index (χ0v) is 18.3. The number of carbonyl (C=O) groups excluding carboxylic acids is 2. The lowest BCUT2D eigenvalue weighted by Gasteiger charge is -2.30. The lowest BCUT2D eigenvalue weighted by Crippen LogP contribution is -2.46. The Labute approximate surface area is 178 Å². The molecular weight excluding hydrogens is 408 g/mol. The first-order chi connectivity index (χ1) is 14.3. The maximum atomic E-state index is 12.8. The zero-order valence-electron chi connectivity index (χ0n) is 17.5. The van der Waals surface area contributed by atoms with E-state index in [1.165, 1.54) is 41.9 Å². The van der Waals surface area contributed by atoms with Crippen LogP contribution in [0.25, 0.3) is 0 Å². The Morgan fingerprint density at radius 1 is 1.20 bits per heavy atom. The number of nitrogens with zero attached hydrogens (tertiary/aromatic N) is 1. The minimum Gasteiger partial charge on any atom is -0.449 e. The van der Waals surface area contributed by atoms with Gasteiger partial charge in [0.25, 0.3) is 5.91 Å². The van der Waals surface area contributed by atoms with E-state index in [4.69, 9.17) is 9.47 Å². The van der Waals surface area contributed by atoms with Crippen LogP contribution < -0.4 is 5.32 Å². The highest BCUT2D eigenvalue weighted by Gasteiger charge is 2.29. The third-order valence-electron chi connectivity index (χ3n) is 5.77. The summed E-state index contributed by atoms with van der Waals surface area (Å²) in [5, 5.41) is 2.97. The smallest absolute Gasteiger partial charge is 0.338 e. The highest BCUT2D eigenvalue weighted by molar-refractivity contribution is 7.89. The van der Waals surface area contributed by atoms with Crippen molar-refractivity contribution in [2.24, 2.45) is 5.92 Å². The second kappa shape index (κ2) is 9.89. The predicted molar refractivity (Wildman–Crippen MR) is 110 cm³/mol. The molecule has 0 radical (unpaired) electrons. The van der Waals surface area contributed by atoms with Crippen LogP contribution in [0.15, 0.2) is 29.2 Å². The molecule has 1 amide bonds. The van der Waals surface area contributed by atoms with E-state index in [0.29, 0.717) is 19.1 Å². The van der Waals surface area contributed by atoms with E-state index in [1.807, 2.05) is 0 Å². The predicted octanol–water partition coefficient (Wildman–Crippen LogP) is 1.95. The van der Waals surface area contributed by atoms with E-state index >= 15 is 0 Å². The van der Waals surface area contributed by atoms with Crippen LogP contribution in [0.3, 0.4) is 0 Å². The Morgan fingerprint density at radius 3 is 2.60 bits per heavy atom. The summed E-state index contributed by atoms with van der Waals surface area (Å²) in [5.41, 5.74) is 0.0926. The van der Waals surface area contributed by atoms with Crippen molar-refractivity contribution < 1.29 is 27.5 Å². The average Bonchev–Trinajstić information content (AvgIpc) is 2.76. The molecule has 0 spiro atoms. The number of ether oxygens (including phenoxy) is 2. The van der Waals surface area contributed by atoms with Gasteiger partial charge in [0.1, 0.15) is 0 Å². The standard InChI is InChI=1S/C21H30N2O6S/c1-15-6-3-4-9-19(15)22-20(24)16(2)29-21(25)17-7-5-8-18(14-17)30(26,27)23-10-12-28-13-11-23/h5,7-8,14-16,19H,3-4,6,9-13H2,1-2H3,(H,22,24)/t15-,16+,19-/m1/s1. The molecule has 2 fully saturated rings. The Bertz CT molecular complexity index is 866. The van der Waals surface area contributed by atoms with Gasteiger partial charge in [0, 0.05) is 19.1 Å². The molecule has 0 unspecified atom stereocenters. The number of hydrogen-bond donors (Lipinski definition) is 1. The van der Waals surface area contributed by atoms with Gasteiger partial charge in [-0.2, -0.15) is 4.31 Å². The van der Waals surface area contributed by atoms with Crippen molar-refractivity contribution in [1.29, 1.82) is 0 Å². The minimum absolute atomic E-state index is 0.0204. The van der Waals surface area contributed by atoms with Crippen molar-refractivity contribution in [2.45, 2.75) is 56.6 Å². The SMILES string of the molecule is C[C@H](OC(=O)c1cccc(S(=O)(=O)N2CCOCC2)c1)C(=O)N[C@@H]1CCCC[C@H]1C. The highest BCUT2D eigenvalue weighted by atomic mass is 32.2. The van der Waals surface area contributed by atoms with E-state index in [9.17, 15) is 18.0 Å². The summed E-state index contributed by atoms with van der Waals surface area (Å²) in [6.07, 6.45) is 3.28. The highest BCUT2D eigenvalue weighted by Crippen LogP contribution is 2.24. The summed E-state index contributed by atoms with van der Waals surface area (Å²) in [5.74, 6) is -0.666. The number of benzene rings is 1. The molecule has 1 aromatic rings. The topological polar surface area (TPSA) is 102 Å². The van der Waals surface area contributed by atoms with Crippen molar-refractivity contribution in [3.8, 4) is 0 Å². The first kappa shape index (κ1) is 22.7. The number of esters is 1. The molecule has 1 saturated carbocycles. The summed E-state index contributed by atoms with van der Waals surface area (Å²) in [4.78, 5) is 25.0. The molecule has 1 N–H and O–H groups in total. The van der Waals surface area contributed by atoms with Gasteiger partial charge in [-0.05, 0) is 43.9 Å². The van der Waals surface area contributed by atoms with Crippen molar-refractivity contribution in [3.05, 3.63) is 29.8 Å². The van der Waals surface area contributed by atoms with Crippen LogP contribution in [-0.2, 0) is 24.3 Å². The minimum atomic E-state index is -3.72. The molecule has 0 bridgehead atoms. The zero-order chi connectivity index (χ0) is 21.7. The van der Waals surface area contributed by atoms with Crippen molar-refractivity contribution in [3.63, 3.8) is 0 Å². The second-order valence-corrected chi connectivity index (χ2v) is 9.91. The molecule has 30 heavy (non-hydrogen) atoms.